The molecule has 0 N–H and O–H groups in total. The molecule has 0 atom stereocenters. The van der Waals surface area contributed by atoms with Gasteiger partial charge in [0.25, 0.3) is 0 Å². The Balaban J connectivity index is 1.54. The van der Waals surface area contributed by atoms with E-state index in [0.717, 1.165) is 24.9 Å². The normalized spacial score (nSPS) is 13.8. The van der Waals surface area contributed by atoms with Gasteiger partial charge in [0.2, 0.25) is 5.91 Å². The molecule has 4 nitrogen and oxygen atoms in total. The number of nitrogens with zero attached hydrogens (tertiary/aromatic N) is 2. The van der Waals surface area contributed by atoms with Crippen molar-refractivity contribution in [3.8, 4) is 5.75 Å². The molecule has 1 aliphatic rings. The molecule has 1 aliphatic carbocycles. The lowest BCUT2D eigenvalue weighted by atomic mass is 10.2. The summed E-state index contributed by atoms with van der Waals surface area (Å²) < 4.78 is 28.8. The van der Waals surface area contributed by atoms with Crippen LogP contribution in [0.1, 0.15) is 24.0 Å². The van der Waals surface area contributed by atoms with Gasteiger partial charge < -0.3 is 9.64 Å². The minimum Gasteiger partial charge on any atom is -0.435 e. The van der Waals surface area contributed by atoms with E-state index in [1.807, 2.05) is 18.2 Å². The quantitative estimate of drug-likeness (QED) is 0.667. The van der Waals surface area contributed by atoms with E-state index in [2.05, 4.69) is 21.8 Å². The maximum absolute atomic E-state index is 12.7. The number of likely N-dealkylation sites (N-methyl/N-ethyl adjacent to an activating group) is 1. The summed E-state index contributed by atoms with van der Waals surface area (Å²) in [6, 6.07) is 17.0. The standard InChI is InChI=1S/C21H24F2N2O2/c1-24(13-17-7-11-19(12-8-17)27-21(22)23)20(26)15-25(18-9-10-18)14-16-5-3-2-4-6-16/h2-8,11-12,18,21H,9-10,13-15H2,1H3. The molecule has 144 valence electrons. The van der Waals surface area contributed by atoms with Crippen molar-refractivity contribution in [1.82, 2.24) is 9.80 Å². The molecule has 1 saturated carbocycles. The van der Waals surface area contributed by atoms with Crippen molar-refractivity contribution >= 4 is 5.91 Å². The molecule has 3 rings (SSSR count). The molecule has 0 unspecified atom stereocenters. The average Bonchev–Trinajstić information content (AvgIpc) is 3.48. The van der Waals surface area contributed by atoms with E-state index >= 15 is 0 Å². The number of carbonyl (C=O) groups is 1. The molecule has 6 heteroatoms. The summed E-state index contributed by atoms with van der Waals surface area (Å²) in [5.74, 6) is 0.163. The van der Waals surface area contributed by atoms with Crippen LogP contribution in [0, 0.1) is 0 Å². The third-order valence-electron chi connectivity index (χ3n) is 4.62. The van der Waals surface area contributed by atoms with Crippen LogP contribution in [-0.2, 0) is 17.9 Å². The number of benzene rings is 2. The smallest absolute Gasteiger partial charge is 0.387 e. The fraction of sp³-hybridized carbons (Fsp3) is 0.381. The first-order chi connectivity index (χ1) is 13.0. The summed E-state index contributed by atoms with van der Waals surface area (Å²) in [6.07, 6.45) is 2.27. The molecule has 1 amide bonds. The van der Waals surface area contributed by atoms with Crippen molar-refractivity contribution in [3.05, 3.63) is 65.7 Å². The van der Waals surface area contributed by atoms with Crippen molar-refractivity contribution in [2.45, 2.75) is 38.6 Å². The average molecular weight is 374 g/mol. The second-order valence-electron chi connectivity index (χ2n) is 6.89. The van der Waals surface area contributed by atoms with Crippen LogP contribution in [0.3, 0.4) is 0 Å². The number of halogens is 2. The Bertz CT molecular complexity index is 734. The van der Waals surface area contributed by atoms with Crippen molar-refractivity contribution in [3.63, 3.8) is 0 Å². The molecule has 0 bridgehead atoms. The summed E-state index contributed by atoms with van der Waals surface area (Å²) in [6.45, 7) is -1.26. The van der Waals surface area contributed by atoms with E-state index in [1.54, 1.807) is 24.1 Å². The first kappa shape index (κ1) is 19.3. The van der Waals surface area contributed by atoms with Gasteiger partial charge in [-0.25, -0.2) is 0 Å². The van der Waals surface area contributed by atoms with Gasteiger partial charge in [-0.1, -0.05) is 42.5 Å². The second-order valence-corrected chi connectivity index (χ2v) is 6.89. The number of amides is 1. The van der Waals surface area contributed by atoms with E-state index in [9.17, 15) is 13.6 Å². The van der Waals surface area contributed by atoms with Crippen LogP contribution in [0.4, 0.5) is 8.78 Å². The Kier molecular flexibility index (Phi) is 6.40. The maximum atomic E-state index is 12.7. The summed E-state index contributed by atoms with van der Waals surface area (Å²) in [5, 5.41) is 0. The molecule has 2 aromatic carbocycles. The Morgan fingerprint density at radius 2 is 1.67 bits per heavy atom. The summed E-state index contributed by atoms with van der Waals surface area (Å²) >= 11 is 0. The molecule has 0 heterocycles. The van der Waals surface area contributed by atoms with E-state index in [4.69, 9.17) is 0 Å². The number of alkyl halides is 2. The molecule has 27 heavy (non-hydrogen) atoms. The van der Waals surface area contributed by atoms with Crippen molar-refractivity contribution in [1.29, 1.82) is 0 Å². The monoisotopic (exact) mass is 374 g/mol. The number of carbonyl (C=O) groups excluding carboxylic acids is 1. The van der Waals surface area contributed by atoms with Crippen molar-refractivity contribution in [2.75, 3.05) is 13.6 Å². The molecule has 0 radical (unpaired) electrons. The third-order valence-corrected chi connectivity index (χ3v) is 4.62. The van der Waals surface area contributed by atoms with E-state index in [-0.39, 0.29) is 11.7 Å². The molecule has 0 saturated heterocycles. The topological polar surface area (TPSA) is 32.8 Å². The Morgan fingerprint density at radius 1 is 1.04 bits per heavy atom. The largest absolute Gasteiger partial charge is 0.435 e. The van der Waals surface area contributed by atoms with Gasteiger partial charge in [0.1, 0.15) is 5.75 Å². The van der Waals surface area contributed by atoms with Crippen molar-refractivity contribution < 1.29 is 18.3 Å². The van der Waals surface area contributed by atoms with Crippen molar-refractivity contribution in [2.24, 2.45) is 0 Å². The summed E-state index contributed by atoms with van der Waals surface area (Å²) in [5.41, 5.74) is 2.07. The molecule has 2 aromatic rings. The van der Waals surface area contributed by atoms with Gasteiger partial charge in [-0.2, -0.15) is 8.78 Å². The van der Waals surface area contributed by atoms with E-state index in [1.165, 1.54) is 17.7 Å². The van der Waals surface area contributed by atoms with Gasteiger partial charge in [0, 0.05) is 26.2 Å². The minimum atomic E-state index is -2.84. The highest BCUT2D eigenvalue weighted by atomic mass is 19.3. The minimum absolute atomic E-state index is 0.0470. The number of ether oxygens (including phenoxy) is 1. The van der Waals surface area contributed by atoms with Gasteiger partial charge in [-0.3, -0.25) is 9.69 Å². The Hall–Kier alpha value is -2.47. The van der Waals surface area contributed by atoms with E-state index in [0.29, 0.717) is 19.1 Å². The molecule has 0 spiro atoms. The van der Waals surface area contributed by atoms with Crippen LogP contribution in [0.2, 0.25) is 0 Å². The zero-order valence-corrected chi connectivity index (χ0v) is 15.4. The zero-order chi connectivity index (χ0) is 19.2. The van der Waals surface area contributed by atoms with Crippen LogP contribution >= 0.6 is 0 Å². The predicted octanol–water partition coefficient (Wildman–Crippen LogP) is 3.91. The highest BCUT2D eigenvalue weighted by Crippen LogP contribution is 2.28. The third kappa shape index (κ3) is 6.03. The van der Waals surface area contributed by atoms with Crippen LogP contribution < -0.4 is 4.74 Å². The number of rotatable bonds is 9. The van der Waals surface area contributed by atoms with Crippen LogP contribution in [0.5, 0.6) is 5.75 Å². The zero-order valence-electron chi connectivity index (χ0n) is 15.4. The van der Waals surface area contributed by atoms with Gasteiger partial charge in [0.05, 0.1) is 6.54 Å². The lowest BCUT2D eigenvalue weighted by molar-refractivity contribution is -0.132. The van der Waals surface area contributed by atoms with Gasteiger partial charge in [0.15, 0.2) is 0 Å². The van der Waals surface area contributed by atoms with Gasteiger partial charge in [-0.05, 0) is 36.1 Å². The molecular formula is C21H24F2N2O2. The number of hydrogen-bond acceptors (Lipinski definition) is 3. The number of hydrogen-bond donors (Lipinski definition) is 0. The lowest BCUT2D eigenvalue weighted by Crippen LogP contribution is -2.38. The molecular weight excluding hydrogens is 350 g/mol. The maximum Gasteiger partial charge on any atom is 0.387 e. The first-order valence-corrected chi connectivity index (χ1v) is 9.07. The van der Waals surface area contributed by atoms with Crippen LogP contribution in [0.15, 0.2) is 54.6 Å². The molecule has 0 aliphatic heterocycles. The Morgan fingerprint density at radius 3 is 2.26 bits per heavy atom. The predicted molar refractivity (Wildman–Crippen MR) is 99.4 cm³/mol. The van der Waals surface area contributed by atoms with Gasteiger partial charge >= 0.3 is 6.61 Å². The van der Waals surface area contributed by atoms with Gasteiger partial charge in [-0.15, -0.1) is 0 Å². The highest BCUT2D eigenvalue weighted by molar-refractivity contribution is 5.78. The lowest BCUT2D eigenvalue weighted by Gasteiger charge is -2.25. The summed E-state index contributed by atoms with van der Waals surface area (Å²) in [7, 11) is 1.76. The fourth-order valence-corrected chi connectivity index (χ4v) is 3.00. The highest BCUT2D eigenvalue weighted by Gasteiger charge is 2.30. The first-order valence-electron chi connectivity index (χ1n) is 9.07. The Labute approximate surface area is 158 Å². The SMILES string of the molecule is CN(Cc1ccc(OC(F)F)cc1)C(=O)CN(Cc1ccccc1)C1CC1. The van der Waals surface area contributed by atoms with Crippen LogP contribution in [0.25, 0.3) is 0 Å². The molecule has 1 fully saturated rings. The fourth-order valence-electron chi connectivity index (χ4n) is 3.00. The van der Waals surface area contributed by atoms with E-state index < -0.39 is 6.61 Å². The second kappa shape index (κ2) is 8.95. The van der Waals surface area contributed by atoms with Crippen LogP contribution in [-0.4, -0.2) is 42.0 Å². The molecule has 0 aromatic heterocycles. The summed E-state index contributed by atoms with van der Waals surface area (Å²) in [4.78, 5) is 16.6.